The van der Waals surface area contributed by atoms with E-state index in [1.807, 2.05) is 12.1 Å². The van der Waals surface area contributed by atoms with Crippen LogP contribution < -0.4 is 5.56 Å². The lowest BCUT2D eigenvalue weighted by molar-refractivity contribution is -0.143. The highest BCUT2D eigenvalue weighted by atomic mass is 35.5. The fourth-order valence-electron chi connectivity index (χ4n) is 4.42. The first-order valence-electron chi connectivity index (χ1n) is 11.3. The number of pyridine rings is 1. The standard InChI is InChI=1S/C26H15Cl2F6N3OS/c27-17-8-14(9-18(28)11-17)21-19-2-1-3-20-23(19)37(4-5-39-20)24(38)22(21)36-35-12-13-6-15(25(29,30)31)10-16(7-13)26(32,33)34/h1-3,6-11H,4-5,12H2. The van der Waals surface area contributed by atoms with E-state index in [1.54, 1.807) is 30.0 Å². The van der Waals surface area contributed by atoms with E-state index in [2.05, 4.69) is 10.2 Å². The molecule has 1 aliphatic rings. The van der Waals surface area contributed by atoms with Crippen molar-refractivity contribution in [3.8, 4) is 11.1 Å². The van der Waals surface area contributed by atoms with Crippen LogP contribution in [0.5, 0.6) is 0 Å². The topological polar surface area (TPSA) is 46.7 Å². The zero-order chi connectivity index (χ0) is 28.1. The predicted molar refractivity (Wildman–Crippen MR) is 139 cm³/mol. The van der Waals surface area contributed by atoms with Crippen molar-refractivity contribution in [1.82, 2.24) is 4.57 Å². The molecule has 1 aromatic heterocycles. The molecule has 202 valence electrons. The third-order valence-electron chi connectivity index (χ3n) is 6.02. The Morgan fingerprint density at radius 3 is 2.15 bits per heavy atom. The van der Waals surface area contributed by atoms with Gasteiger partial charge in [0, 0.05) is 38.2 Å². The van der Waals surface area contributed by atoms with Crippen LogP contribution in [-0.2, 0) is 25.4 Å². The quantitative estimate of drug-likeness (QED) is 0.173. The van der Waals surface area contributed by atoms with Gasteiger partial charge in [0.2, 0.25) is 0 Å². The van der Waals surface area contributed by atoms with Crippen molar-refractivity contribution in [3.63, 3.8) is 0 Å². The molecule has 4 aromatic rings. The van der Waals surface area contributed by atoms with Crippen LogP contribution in [0.2, 0.25) is 10.0 Å². The fraction of sp³-hybridized carbons (Fsp3) is 0.192. The molecule has 0 N–H and O–H groups in total. The third kappa shape index (κ3) is 5.53. The van der Waals surface area contributed by atoms with E-state index < -0.39 is 35.6 Å². The lowest BCUT2D eigenvalue weighted by Crippen LogP contribution is -2.24. The van der Waals surface area contributed by atoms with Gasteiger partial charge in [0.15, 0.2) is 5.69 Å². The number of halogens is 8. The maximum absolute atomic E-state index is 13.6. The Balaban J connectivity index is 1.68. The number of alkyl halides is 6. The summed E-state index contributed by atoms with van der Waals surface area (Å²) in [6, 6.07) is 11.3. The van der Waals surface area contributed by atoms with E-state index in [0.717, 1.165) is 4.90 Å². The first-order valence-corrected chi connectivity index (χ1v) is 13.0. The Bertz CT molecular complexity index is 1650. The maximum atomic E-state index is 13.6. The summed E-state index contributed by atoms with van der Waals surface area (Å²) in [5.41, 5.74) is -2.45. The van der Waals surface area contributed by atoms with Crippen LogP contribution in [0.25, 0.3) is 22.0 Å². The Morgan fingerprint density at radius 1 is 0.897 bits per heavy atom. The molecule has 5 rings (SSSR count). The molecule has 0 amide bonds. The number of hydrogen-bond acceptors (Lipinski definition) is 4. The molecule has 0 unspecified atom stereocenters. The van der Waals surface area contributed by atoms with Crippen molar-refractivity contribution in [1.29, 1.82) is 0 Å². The van der Waals surface area contributed by atoms with Crippen LogP contribution in [-0.4, -0.2) is 10.3 Å². The molecule has 0 saturated carbocycles. The first-order chi connectivity index (χ1) is 18.3. The smallest absolute Gasteiger partial charge is 0.304 e. The number of para-hydroxylation sites is 1. The van der Waals surface area contributed by atoms with E-state index >= 15 is 0 Å². The summed E-state index contributed by atoms with van der Waals surface area (Å²) < 4.78 is 81.1. The van der Waals surface area contributed by atoms with E-state index in [-0.39, 0.29) is 17.3 Å². The minimum absolute atomic E-state index is 0.0394. The summed E-state index contributed by atoms with van der Waals surface area (Å²) >= 11 is 14.0. The molecule has 13 heteroatoms. The van der Waals surface area contributed by atoms with Crippen molar-refractivity contribution in [2.75, 3.05) is 5.75 Å². The average molecular weight is 602 g/mol. The minimum atomic E-state index is -5.00. The summed E-state index contributed by atoms with van der Waals surface area (Å²) in [6.07, 6.45) is -10.00. The lowest BCUT2D eigenvalue weighted by Gasteiger charge is -2.22. The molecule has 39 heavy (non-hydrogen) atoms. The van der Waals surface area contributed by atoms with Crippen molar-refractivity contribution in [3.05, 3.63) is 91.7 Å². The molecule has 1 aliphatic heterocycles. The summed E-state index contributed by atoms with van der Waals surface area (Å²) in [6.45, 7) is -0.255. The molecule has 0 atom stereocenters. The lowest BCUT2D eigenvalue weighted by atomic mass is 9.99. The van der Waals surface area contributed by atoms with Gasteiger partial charge < -0.3 is 4.57 Å². The highest BCUT2D eigenvalue weighted by molar-refractivity contribution is 7.99. The number of azo groups is 1. The number of rotatable bonds is 4. The van der Waals surface area contributed by atoms with Crippen LogP contribution in [0.15, 0.2) is 74.5 Å². The zero-order valence-electron chi connectivity index (χ0n) is 19.5. The Hall–Kier alpha value is -3.02. The SMILES string of the molecule is O=c1c(N=NCc2cc(C(F)(F)F)cc(C(F)(F)F)c2)c(-c2cc(Cl)cc(Cl)c2)c2cccc3c2n1CCS3. The van der Waals surface area contributed by atoms with Crippen molar-refractivity contribution in [2.45, 2.75) is 30.3 Å². The molecule has 0 saturated heterocycles. The van der Waals surface area contributed by atoms with Gasteiger partial charge in [-0.15, -0.1) is 16.9 Å². The Kier molecular flexibility index (Phi) is 7.19. The fourth-order valence-corrected chi connectivity index (χ4v) is 5.98. The monoisotopic (exact) mass is 601 g/mol. The number of hydrogen-bond donors (Lipinski definition) is 0. The van der Waals surface area contributed by atoms with Crippen LogP contribution in [0.3, 0.4) is 0 Å². The van der Waals surface area contributed by atoms with Gasteiger partial charge in [-0.2, -0.15) is 31.5 Å². The van der Waals surface area contributed by atoms with Gasteiger partial charge in [-0.05, 0) is 53.6 Å². The number of thioether (sulfide) groups is 1. The van der Waals surface area contributed by atoms with Gasteiger partial charge in [0.1, 0.15) is 0 Å². The van der Waals surface area contributed by atoms with E-state index in [1.165, 1.54) is 10.6 Å². The normalized spacial score (nSPS) is 13.9. The second-order valence-electron chi connectivity index (χ2n) is 8.65. The Labute approximate surface area is 231 Å². The first kappa shape index (κ1) is 27.5. The third-order valence-corrected chi connectivity index (χ3v) is 7.48. The minimum Gasteiger partial charge on any atom is -0.304 e. The van der Waals surface area contributed by atoms with E-state index in [0.29, 0.717) is 56.5 Å². The molecular weight excluding hydrogens is 587 g/mol. The Morgan fingerprint density at radius 2 is 1.54 bits per heavy atom. The molecule has 0 radical (unpaired) electrons. The molecular formula is C26H15Cl2F6N3OS. The maximum Gasteiger partial charge on any atom is 0.416 e. The number of benzene rings is 3. The van der Waals surface area contributed by atoms with Gasteiger partial charge in [-0.1, -0.05) is 35.3 Å². The van der Waals surface area contributed by atoms with Crippen LogP contribution in [0.1, 0.15) is 16.7 Å². The summed E-state index contributed by atoms with van der Waals surface area (Å²) in [4.78, 5) is 14.5. The molecule has 0 fully saturated rings. The highest BCUT2D eigenvalue weighted by Gasteiger charge is 2.36. The molecule has 0 bridgehead atoms. The average Bonchev–Trinajstić information content (AvgIpc) is 2.85. The number of nitrogens with zero attached hydrogens (tertiary/aromatic N) is 3. The van der Waals surface area contributed by atoms with E-state index in [4.69, 9.17) is 23.2 Å². The van der Waals surface area contributed by atoms with Gasteiger partial charge >= 0.3 is 12.4 Å². The van der Waals surface area contributed by atoms with Crippen LogP contribution in [0.4, 0.5) is 32.0 Å². The zero-order valence-corrected chi connectivity index (χ0v) is 21.8. The highest BCUT2D eigenvalue weighted by Crippen LogP contribution is 2.42. The van der Waals surface area contributed by atoms with Crippen molar-refractivity contribution >= 4 is 51.6 Å². The van der Waals surface area contributed by atoms with Crippen molar-refractivity contribution in [2.24, 2.45) is 10.2 Å². The van der Waals surface area contributed by atoms with Gasteiger partial charge in [0.05, 0.1) is 23.2 Å². The molecule has 0 aliphatic carbocycles. The molecule has 0 spiro atoms. The van der Waals surface area contributed by atoms with Crippen molar-refractivity contribution < 1.29 is 26.3 Å². The largest absolute Gasteiger partial charge is 0.416 e. The summed E-state index contributed by atoms with van der Waals surface area (Å²) in [5.74, 6) is 0.620. The molecule has 2 heterocycles. The summed E-state index contributed by atoms with van der Waals surface area (Å²) in [5, 5.41) is 9.17. The van der Waals surface area contributed by atoms with Gasteiger partial charge in [-0.3, -0.25) is 4.79 Å². The summed E-state index contributed by atoms with van der Waals surface area (Å²) in [7, 11) is 0. The second-order valence-corrected chi connectivity index (χ2v) is 10.7. The number of aryl methyl sites for hydroxylation is 1. The number of aromatic nitrogens is 1. The van der Waals surface area contributed by atoms with Gasteiger partial charge in [-0.25, -0.2) is 0 Å². The molecule has 4 nitrogen and oxygen atoms in total. The van der Waals surface area contributed by atoms with E-state index in [9.17, 15) is 31.1 Å². The van der Waals surface area contributed by atoms with Crippen LogP contribution in [0, 0.1) is 0 Å². The predicted octanol–water partition coefficient (Wildman–Crippen LogP) is 9.40. The van der Waals surface area contributed by atoms with Gasteiger partial charge in [0.25, 0.3) is 5.56 Å². The molecule has 3 aromatic carbocycles. The van der Waals surface area contributed by atoms with Crippen LogP contribution >= 0.6 is 35.0 Å². The second kappa shape index (κ2) is 10.2.